The molecule has 0 spiro atoms. The molecular weight excluding hydrogens is 459 g/mol. The molecule has 0 bridgehead atoms. The van der Waals surface area contributed by atoms with Crippen LogP contribution in [0.5, 0.6) is 5.75 Å². The molecule has 2 aromatic carbocycles. The molecule has 2 aromatic rings. The number of carbonyl (C=O) groups excluding carboxylic acids is 2. The maximum atomic E-state index is 13.3. The number of amides is 2. The van der Waals surface area contributed by atoms with E-state index in [4.69, 9.17) is 27.9 Å². The van der Waals surface area contributed by atoms with Crippen molar-refractivity contribution in [2.75, 3.05) is 13.2 Å². The Morgan fingerprint density at radius 2 is 1.64 bits per heavy atom. The third kappa shape index (κ3) is 7.65. The number of carbonyl (C=O) groups is 2. The summed E-state index contributed by atoms with van der Waals surface area (Å²) < 4.78 is 5.78. The van der Waals surface area contributed by atoms with Gasteiger partial charge in [-0.05, 0) is 48.1 Å². The molecule has 5 nitrogen and oxygen atoms in total. The Balaban J connectivity index is 2.24. The average molecular weight is 493 g/mol. The Kier molecular flexibility index (Phi) is 10.1. The van der Waals surface area contributed by atoms with Crippen molar-refractivity contribution in [3.05, 3.63) is 63.6 Å². The predicted octanol–water partition coefficient (Wildman–Crippen LogP) is 6.00. The molecule has 0 heterocycles. The summed E-state index contributed by atoms with van der Waals surface area (Å²) in [7, 11) is 0. The number of hydrogen-bond acceptors (Lipinski definition) is 3. The lowest BCUT2D eigenvalue weighted by Gasteiger charge is -2.31. The van der Waals surface area contributed by atoms with Crippen molar-refractivity contribution >= 4 is 35.0 Å². The Morgan fingerprint density at radius 3 is 2.15 bits per heavy atom. The Hall–Kier alpha value is -2.24. The lowest BCUT2D eigenvalue weighted by molar-refractivity contribution is -0.143. The van der Waals surface area contributed by atoms with Gasteiger partial charge in [-0.2, -0.15) is 0 Å². The minimum Gasteiger partial charge on any atom is -0.484 e. The molecule has 1 atom stereocenters. The molecule has 0 saturated heterocycles. The van der Waals surface area contributed by atoms with Gasteiger partial charge in [0.15, 0.2) is 6.61 Å². The smallest absolute Gasteiger partial charge is 0.261 e. The molecule has 33 heavy (non-hydrogen) atoms. The van der Waals surface area contributed by atoms with Gasteiger partial charge in [0.1, 0.15) is 11.8 Å². The van der Waals surface area contributed by atoms with Crippen LogP contribution < -0.4 is 10.1 Å². The van der Waals surface area contributed by atoms with Gasteiger partial charge in [-0.3, -0.25) is 9.59 Å². The zero-order valence-electron chi connectivity index (χ0n) is 20.1. The molecule has 2 amide bonds. The first-order chi connectivity index (χ1) is 15.6. The minimum absolute atomic E-state index is 0.0273. The lowest BCUT2D eigenvalue weighted by atomic mass is 9.87. The average Bonchev–Trinajstić information content (AvgIpc) is 2.77. The fraction of sp³-hybridized carbons (Fsp3) is 0.462. The van der Waals surface area contributed by atoms with Gasteiger partial charge in [0.2, 0.25) is 5.91 Å². The molecule has 180 valence electrons. The Bertz CT molecular complexity index is 919. The summed E-state index contributed by atoms with van der Waals surface area (Å²) in [4.78, 5) is 27.6. The van der Waals surface area contributed by atoms with Crippen molar-refractivity contribution in [3.63, 3.8) is 0 Å². The maximum absolute atomic E-state index is 13.3. The molecule has 7 heteroatoms. The summed E-state index contributed by atoms with van der Waals surface area (Å²) in [5, 5.41) is 3.78. The van der Waals surface area contributed by atoms with Crippen molar-refractivity contribution in [2.24, 2.45) is 0 Å². The molecule has 0 aliphatic heterocycles. The molecule has 0 radical (unpaired) electrons. The highest BCUT2D eigenvalue weighted by Gasteiger charge is 2.30. The number of halogens is 2. The second-order valence-electron chi connectivity index (χ2n) is 9.00. The van der Waals surface area contributed by atoms with Gasteiger partial charge >= 0.3 is 0 Å². The van der Waals surface area contributed by atoms with Gasteiger partial charge in [-0.15, -0.1) is 0 Å². The Morgan fingerprint density at radius 1 is 1.03 bits per heavy atom. The van der Waals surface area contributed by atoms with Crippen LogP contribution in [0.4, 0.5) is 0 Å². The first-order valence-corrected chi connectivity index (χ1v) is 12.1. The number of hydrogen-bond donors (Lipinski definition) is 1. The summed E-state index contributed by atoms with van der Waals surface area (Å²) in [5.74, 6) is 0.0744. The summed E-state index contributed by atoms with van der Waals surface area (Å²) >= 11 is 12.7. The van der Waals surface area contributed by atoms with Crippen LogP contribution in [0.15, 0.2) is 42.5 Å². The number of nitrogens with zero attached hydrogens (tertiary/aromatic N) is 1. The second-order valence-corrected chi connectivity index (χ2v) is 9.81. The van der Waals surface area contributed by atoms with E-state index in [1.807, 2.05) is 38.1 Å². The van der Waals surface area contributed by atoms with Gasteiger partial charge < -0.3 is 15.0 Å². The van der Waals surface area contributed by atoms with Gasteiger partial charge in [-0.1, -0.05) is 76.0 Å². The maximum Gasteiger partial charge on any atom is 0.261 e. The van der Waals surface area contributed by atoms with Crippen LogP contribution in [0.25, 0.3) is 0 Å². The van der Waals surface area contributed by atoms with Gasteiger partial charge in [0.25, 0.3) is 5.91 Å². The largest absolute Gasteiger partial charge is 0.484 e. The van der Waals surface area contributed by atoms with Crippen molar-refractivity contribution in [2.45, 2.75) is 65.5 Å². The lowest BCUT2D eigenvalue weighted by Crippen LogP contribution is -2.50. The summed E-state index contributed by atoms with van der Waals surface area (Å²) in [6.07, 6.45) is 1.25. The van der Waals surface area contributed by atoms with E-state index in [-0.39, 0.29) is 30.4 Å². The van der Waals surface area contributed by atoms with Crippen molar-refractivity contribution < 1.29 is 14.3 Å². The van der Waals surface area contributed by atoms with E-state index in [1.165, 1.54) is 10.5 Å². The summed E-state index contributed by atoms with van der Waals surface area (Å²) in [6, 6.07) is 12.2. The van der Waals surface area contributed by atoms with Crippen LogP contribution >= 0.6 is 23.2 Å². The quantitative estimate of drug-likeness (QED) is 0.442. The standard InChI is InChI=1S/C26H34Cl2N2O3/c1-6-15-29-25(32)23(7-2)30(16-20-21(27)9-8-10-22(20)28)24(31)17-33-19-13-11-18(12-14-19)26(3,4)5/h8-14,23H,6-7,15-17H2,1-5H3,(H,29,32)/t23-/m0/s1. The molecule has 0 aliphatic carbocycles. The number of nitrogens with one attached hydrogen (secondary N) is 1. The number of ether oxygens (including phenoxy) is 1. The third-order valence-electron chi connectivity index (χ3n) is 5.41. The van der Waals surface area contributed by atoms with E-state index in [0.29, 0.717) is 34.3 Å². The SMILES string of the molecule is CCCNC(=O)[C@H](CC)N(Cc1c(Cl)cccc1Cl)C(=O)COc1ccc(C(C)(C)C)cc1. The van der Waals surface area contributed by atoms with E-state index in [9.17, 15) is 9.59 Å². The van der Waals surface area contributed by atoms with Crippen LogP contribution in [0.3, 0.4) is 0 Å². The molecule has 1 N–H and O–H groups in total. The zero-order chi connectivity index (χ0) is 24.6. The first-order valence-electron chi connectivity index (χ1n) is 11.3. The predicted molar refractivity (Wildman–Crippen MR) is 135 cm³/mol. The van der Waals surface area contributed by atoms with Crippen LogP contribution in [0.1, 0.15) is 58.6 Å². The summed E-state index contributed by atoms with van der Waals surface area (Å²) in [5.41, 5.74) is 1.81. The molecule has 2 rings (SSSR count). The fourth-order valence-electron chi connectivity index (χ4n) is 3.42. The molecule has 0 aliphatic rings. The highest BCUT2D eigenvalue weighted by atomic mass is 35.5. The highest BCUT2D eigenvalue weighted by molar-refractivity contribution is 6.36. The highest BCUT2D eigenvalue weighted by Crippen LogP contribution is 2.27. The first kappa shape index (κ1) is 27.0. The second kappa shape index (κ2) is 12.3. The van der Waals surface area contributed by atoms with Crippen LogP contribution in [0.2, 0.25) is 10.0 Å². The van der Waals surface area contributed by atoms with E-state index >= 15 is 0 Å². The normalized spacial score (nSPS) is 12.2. The van der Waals surface area contributed by atoms with Crippen LogP contribution in [-0.2, 0) is 21.5 Å². The topological polar surface area (TPSA) is 58.6 Å². The van der Waals surface area contributed by atoms with Crippen molar-refractivity contribution in [3.8, 4) is 5.75 Å². The van der Waals surface area contributed by atoms with E-state index in [0.717, 1.165) is 6.42 Å². The van der Waals surface area contributed by atoms with Gasteiger partial charge in [0.05, 0.1) is 0 Å². The van der Waals surface area contributed by atoms with Crippen LogP contribution in [0, 0.1) is 0 Å². The number of rotatable bonds is 10. The number of benzene rings is 2. The van der Waals surface area contributed by atoms with Crippen molar-refractivity contribution in [1.82, 2.24) is 10.2 Å². The van der Waals surface area contributed by atoms with Crippen molar-refractivity contribution in [1.29, 1.82) is 0 Å². The van der Waals surface area contributed by atoms with Crippen LogP contribution in [-0.4, -0.2) is 35.9 Å². The molecule has 0 fully saturated rings. The summed E-state index contributed by atoms with van der Waals surface area (Å²) in [6.45, 7) is 10.7. The zero-order valence-corrected chi connectivity index (χ0v) is 21.6. The monoisotopic (exact) mass is 492 g/mol. The minimum atomic E-state index is -0.664. The van der Waals surface area contributed by atoms with E-state index < -0.39 is 6.04 Å². The van der Waals surface area contributed by atoms with E-state index in [1.54, 1.807) is 18.2 Å². The molecule has 0 unspecified atom stereocenters. The Labute approximate surface area is 207 Å². The molecule has 0 aromatic heterocycles. The molecule has 0 saturated carbocycles. The van der Waals surface area contributed by atoms with Gasteiger partial charge in [-0.25, -0.2) is 0 Å². The van der Waals surface area contributed by atoms with Gasteiger partial charge in [0, 0.05) is 28.7 Å². The molecular formula is C26H34Cl2N2O3. The fourth-order valence-corrected chi connectivity index (χ4v) is 3.94. The third-order valence-corrected chi connectivity index (χ3v) is 6.12. The van der Waals surface area contributed by atoms with E-state index in [2.05, 4.69) is 26.1 Å².